The van der Waals surface area contributed by atoms with Gasteiger partial charge in [-0.1, -0.05) is 30.3 Å². The van der Waals surface area contributed by atoms with Gasteiger partial charge >= 0.3 is 0 Å². The molecule has 0 radical (unpaired) electrons. The van der Waals surface area contributed by atoms with Crippen LogP contribution in [0.1, 0.15) is 19.3 Å². The van der Waals surface area contributed by atoms with Crippen LogP contribution in [0.3, 0.4) is 0 Å². The molecule has 0 spiro atoms. The highest BCUT2D eigenvalue weighted by atomic mass is 15.3. The highest BCUT2D eigenvalue weighted by Gasteiger charge is 2.19. The summed E-state index contributed by atoms with van der Waals surface area (Å²) in [6.07, 6.45) is 7.95. The van der Waals surface area contributed by atoms with E-state index in [9.17, 15) is 0 Å². The zero-order valence-electron chi connectivity index (χ0n) is 10.5. The van der Waals surface area contributed by atoms with Gasteiger partial charge in [0.15, 0.2) is 0 Å². The summed E-state index contributed by atoms with van der Waals surface area (Å²) in [5, 5.41) is 7.94. The second kappa shape index (κ2) is 5.36. The Kier molecular flexibility index (Phi) is 3.42. The van der Waals surface area contributed by atoms with Crippen LogP contribution in [0.4, 0.5) is 0 Å². The van der Waals surface area contributed by atoms with E-state index >= 15 is 0 Å². The Morgan fingerprint density at radius 3 is 2.78 bits per heavy atom. The lowest BCUT2D eigenvalue weighted by atomic mass is 10.1. The molecule has 3 nitrogen and oxygen atoms in total. The molecule has 1 aromatic carbocycles. The summed E-state index contributed by atoms with van der Waals surface area (Å²) in [5.41, 5.74) is 2.44. The third-order valence-electron chi connectivity index (χ3n) is 3.31. The lowest BCUT2D eigenvalue weighted by Crippen LogP contribution is -2.18. The molecule has 18 heavy (non-hydrogen) atoms. The van der Waals surface area contributed by atoms with Gasteiger partial charge in [0.25, 0.3) is 0 Å². The van der Waals surface area contributed by atoms with Crippen LogP contribution < -0.4 is 5.32 Å². The first-order valence-electron chi connectivity index (χ1n) is 6.73. The maximum atomic E-state index is 4.41. The molecule has 0 saturated heterocycles. The molecule has 1 heterocycles. The molecule has 2 aromatic rings. The van der Waals surface area contributed by atoms with Crippen LogP contribution in [-0.4, -0.2) is 22.4 Å². The molecular formula is C15H19N3. The Balaban J connectivity index is 1.52. The molecule has 94 valence electrons. The van der Waals surface area contributed by atoms with Crippen LogP contribution >= 0.6 is 0 Å². The minimum Gasteiger partial charge on any atom is -0.314 e. The Morgan fingerprint density at radius 1 is 1.17 bits per heavy atom. The van der Waals surface area contributed by atoms with Crippen molar-refractivity contribution in [1.82, 2.24) is 15.1 Å². The first-order chi connectivity index (χ1) is 8.92. The van der Waals surface area contributed by atoms with Crippen LogP contribution in [-0.2, 0) is 6.54 Å². The second-order valence-corrected chi connectivity index (χ2v) is 4.94. The van der Waals surface area contributed by atoms with Crippen molar-refractivity contribution < 1.29 is 0 Å². The van der Waals surface area contributed by atoms with E-state index in [2.05, 4.69) is 40.9 Å². The number of hydrogen-bond donors (Lipinski definition) is 1. The molecule has 1 aromatic heterocycles. The van der Waals surface area contributed by atoms with E-state index in [4.69, 9.17) is 0 Å². The fraction of sp³-hybridized carbons (Fsp3) is 0.400. The van der Waals surface area contributed by atoms with E-state index in [1.165, 1.54) is 24.0 Å². The van der Waals surface area contributed by atoms with Gasteiger partial charge in [0.05, 0.1) is 6.20 Å². The van der Waals surface area contributed by atoms with Gasteiger partial charge in [0.1, 0.15) is 0 Å². The van der Waals surface area contributed by atoms with Gasteiger partial charge in [0.2, 0.25) is 0 Å². The zero-order valence-corrected chi connectivity index (χ0v) is 10.5. The number of nitrogens with zero attached hydrogens (tertiary/aromatic N) is 2. The van der Waals surface area contributed by atoms with Crippen molar-refractivity contribution in [1.29, 1.82) is 0 Å². The highest BCUT2D eigenvalue weighted by molar-refractivity contribution is 5.61. The van der Waals surface area contributed by atoms with Gasteiger partial charge in [0, 0.05) is 24.3 Å². The molecule has 1 aliphatic rings. The smallest absolute Gasteiger partial charge is 0.0568 e. The fourth-order valence-electron chi connectivity index (χ4n) is 2.10. The van der Waals surface area contributed by atoms with Crippen molar-refractivity contribution in [3.05, 3.63) is 42.7 Å². The second-order valence-electron chi connectivity index (χ2n) is 4.94. The van der Waals surface area contributed by atoms with E-state index in [1.54, 1.807) is 0 Å². The van der Waals surface area contributed by atoms with Gasteiger partial charge in [-0.25, -0.2) is 0 Å². The van der Waals surface area contributed by atoms with Crippen LogP contribution in [0.2, 0.25) is 0 Å². The first-order valence-corrected chi connectivity index (χ1v) is 6.73. The lowest BCUT2D eigenvalue weighted by molar-refractivity contribution is 0.542. The predicted octanol–water partition coefficient (Wildman–Crippen LogP) is 2.69. The van der Waals surface area contributed by atoms with Crippen LogP contribution in [0, 0.1) is 0 Å². The standard InChI is InChI=1S/C15H19N3/c1-2-5-13(6-3-1)14-11-17-18(12-14)10-4-9-16-15-7-8-15/h1-3,5-6,11-12,15-16H,4,7-10H2. The molecule has 3 rings (SSSR count). The van der Waals surface area contributed by atoms with Crippen molar-refractivity contribution in [2.75, 3.05) is 6.54 Å². The first kappa shape index (κ1) is 11.5. The molecule has 0 amide bonds. The van der Waals surface area contributed by atoms with Crippen molar-refractivity contribution in [2.45, 2.75) is 31.8 Å². The highest BCUT2D eigenvalue weighted by Crippen LogP contribution is 2.19. The summed E-state index contributed by atoms with van der Waals surface area (Å²) >= 11 is 0. The number of aromatic nitrogens is 2. The third kappa shape index (κ3) is 2.99. The molecule has 1 saturated carbocycles. The minimum atomic E-state index is 0.808. The predicted molar refractivity (Wildman–Crippen MR) is 73.3 cm³/mol. The van der Waals surface area contributed by atoms with Crippen molar-refractivity contribution >= 4 is 0 Å². The summed E-state index contributed by atoms with van der Waals surface area (Å²) in [7, 11) is 0. The van der Waals surface area contributed by atoms with Gasteiger partial charge in [-0.2, -0.15) is 5.10 Å². The summed E-state index contributed by atoms with van der Waals surface area (Å²) in [5.74, 6) is 0. The Bertz CT molecular complexity index is 485. The SMILES string of the molecule is c1ccc(-c2cnn(CCCNC3CC3)c2)cc1. The fourth-order valence-corrected chi connectivity index (χ4v) is 2.10. The number of hydrogen-bond acceptors (Lipinski definition) is 2. The quantitative estimate of drug-likeness (QED) is 0.788. The number of aryl methyl sites for hydroxylation is 1. The number of rotatable bonds is 6. The van der Waals surface area contributed by atoms with Crippen molar-refractivity contribution in [3.63, 3.8) is 0 Å². The Morgan fingerprint density at radius 2 is 2.00 bits per heavy atom. The summed E-state index contributed by atoms with van der Waals surface area (Å²) in [6.45, 7) is 2.09. The molecular weight excluding hydrogens is 222 g/mol. The van der Waals surface area contributed by atoms with Gasteiger partial charge in [-0.3, -0.25) is 4.68 Å². The molecule has 3 heteroatoms. The van der Waals surface area contributed by atoms with Crippen LogP contribution in [0.15, 0.2) is 42.7 Å². The van der Waals surface area contributed by atoms with E-state index in [0.29, 0.717) is 0 Å². The molecule has 0 unspecified atom stereocenters. The van der Waals surface area contributed by atoms with Crippen molar-refractivity contribution in [2.24, 2.45) is 0 Å². The van der Waals surface area contributed by atoms with E-state index in [1.807, 2.05) is 16.9 Å². The van der Waals surface area contributed by atoms with Crippen LogP contribution in [0.25, 0.3) is 11.1 Å². The van der Waals surface area contributed by atoms with Crippen molar-refractivity contribution in [3.8, 4) is 11.1 Å². The Labute approximate surface area is 108 Å². The topological polar surface area (TPSA) is 29.9 Å². The number of nitrogens with one attached hydrogen (secondary N) is 1. The molecule has 0 aliphatic heterocycles. The lowest BCUT2D eigenvalue weighted by Gasteiger charge is -2.02. The van der Waals surface area contributed by atoms with E-state index in [0.717, 1.165) is 25.6 Å². The molecule has 1 fully saturated rings. The largest absolute Gasteiger partial charge is 0.314 e. The van der Waals surface area contributed by atoms with Gasteiger partial charge < -0.3 is 5.32 Å². The van der Waals surface area contributed by atoms with Gasteiger partial charge in [-0.15, -0.1) is 0 Å². The Hall–Kier alpha value is -1.61. The molecule has 1 N–H and O–H groups in total. The van der Waals surface area contributed by atoms with E-state index < -0.39 is 0 Å². The molecule has 0 bridgehead atoms. The maximum Gasteiger partial charge on any atom is 0.0568 e. The summed E-state index contributed by atoms with van der Waals surface area (Å²) < 4.78 is 2.04. The number of benzene rings is 1. The van der Waals surface area contributed by atoms with Crippen LogP contribution in [0.5, 0.6) is 0 Å². The summed E-state index contributed by atoms with van der Waals surface area (Å²) in [4.78, 5) is 0. The maximum absolute atomic E-state index is 4.41. The van der Waals surface area contributed by atoms with E-state index in [-0.39, 0.29) is 0 Å². The molecule has 0 atom stereocenters. The average Bonchev–Trinajstić information content (AvgIpc) is 3.12. The summed E-state index contributed by atoms with van der Waals surface area (Å²) in [6, 6.07) is 11.2. The average molecular weight is 241 g/mol. The normalized spacial score (nSPS) is 14.9. The van der Waals surface area contributed by atoms with Gasteiger partial charge in [-0.05, 0) is 31.4 Å². The third-order valence-corrected chi connectivity index (χ3v) is 3.31. The minimum absolute atomic E-state index is 0.808. The zero-order chi connectivity index (χ0) is 12.2. The molecule has 1 aliphatic carbocycles. The monoisotopic (exact) mass is 241 g/mol.